The number of ether oxygens (including phenoxy) is 5. The molecule has 1 aliphatic carbocycles. The van der Waals surface area contributed by atoms with Crippen molar-refractivity contribution in [2.45, 2.75) is 57.7 Å². The van der Waals surface area contributed by atoms with Gasteiger partial charge in [0.15, 0.2) is 6.10 Å². The molecule has 0 aromatic rings. The minimum Gasteiger partial charge on any atom is -0.461 e. The number of esters is 3. The summed E-state index contributed by atoms with van der Waals surface area (Å²) in [6.45, 7) is 5.11. The van der Waals surface area contributed by atoms with Crippen molar-refractivity contribution in [2.24, 2.45) is 16.2 Å². The highest BCUT2D eigenvalue weighted by molar-refractivity contribution is 5.95. The van der Waals surface area contributed by atoms with Crippen molar-refractivity contribution in [1.82, 2.24) is 0 Å². The highest BCUT2D eigenvalue weighted by Gasteiger charge is 2.93. The number of hydrogen-bond acceptors (Lipinski definition) is 9. The summed E-state index contributed by atoms with van der Waals surface area (Å²) < 4.78 is 26.6. The van der Waals surface area contributed by atoms with Crippen LogP contribution in [0.25, 0.3) is 0 Å². The predicted molar refractivity (Wildman–Crippen MR) is 81.1 cm³/mol. The normalized spacial score (nSPS) is 46.5. The van der Waals surface area contributed by atoms with Gasteiger partial charge >= 0.3 is 17.9 Å². The molecule has 9 nitrogen and oxygen atoms in total. The van der Waals surface area contributed by atoms with E-state index < -0.39 is 58.3 Å². The molecule has 0 bridgehead atoms. The zero-order chi connectivity index (χ0) is 19.1. The molecule has 4 rings (SSSR count). The van der Waals surface area contributed by atoms with Crippen molar-refractivity contribution < 1.29 is 43.2 Å². The lowest BCUT2D eigenvalue weighted by atomic mass is 9.52. The van der Waals surface area contributed by atoms with E-state index in [1.54, 1.807) is 20.8 Å². The maximum Gasteiger partial charge on any atom is 0.339 e. The summed E-state index contributed by atoms with van der Waals surface area (Å²) in [5.41, 5.74) is -5.58. The van der Waals surface area contributed by atoms with Gasteiger partial charge in [0.25, 0.3) is 6.29 Å². The lowest BCUT2D eigenvalue weighted by Gasteiger charge is -2.50. The second-order valence-electron chi connectivity index (χ2n) is 8.44. The highest BCUT2D eigenvalue weighted by Crippen LogP contribution is 2.75. The van der Waals surface area contributed by atoms with Gasteiger partial charge in [-0.05, 0) is 5.41 Å². The van der Waals surface area contributed by atoms with Crippen LogP contribution in [0.15, 0.2) is 0 Å². The molecule has 0 radical (unpaired) electrons. The number of methoxy groups -OCH3 is 1. The molecule has 1 unspecified atom stereocenters. The van der Waals surface area contributed by atoms with Gasteiger partial charge in [0.1, 0.15) is 23.7 Å². The van der Waals surface area contributed by atoms with E-state index in [1.165, 1.54) is 7.11 Å². The number of hydrogen-bond donors (Lipinski definition) is 1. The molecule has 3 aliphatic heterocycles. The zero-order valence-electron chi connectivity index (χ0n) is 15.1. The van der Waals surface area contributed by atoms with Crippen molar-refractivity contribution in [1.29, 1.82) is 0 Å². The summed E-state index contributed by atoms with van der Waals surface area (Å²) in [7, 11) is 1.39. The van der Waals surface area contributed by atoms with Gasteiger partial charge in [-0.25, -0.2) is 4.79 Å². The first-order valence-electron chi connectivity index (χ1n) is 8.50. The Morgan fingerprint density at radius 1 is 1.19 bits per heavy atom. The van der Waals surface area contributed by atoms with Gasteiger partial charge in [-0.3, -0.25) is 9.59 Å². The third-order valence-electron chi connectivity index (χ3n) is 6.54. The smallest absolute Gasteiger partial charge is 0.339 e. The van der Waals surface area contributed by atoms with Crippen LogP contribution in [0.4, 0.5) is 0 Å². The van der Waals surface area contributed by atoms with Crippen LogP contribution in [0, 0.1) is 16.2 Å². The van der Waals surface area contributed by atoms with Crippen LogP contribution < -0.4 is 0 Å². The van der Waals surface area contributed by atoms with Gasteiger partial charge < -0.3 is 28.8 Å². The van der Waals surface area contributed by atoms with Gasteiger partial charge in [-0.2, -0.15) is 0 Å². The number of carbonyl (C=O) groups is 3. The fourth-order valence-electron chi connectivity index (χ4n) is 5.46. The molecule has 4 aliphatic rings. The molecule has 4 fully saturated rings. The molecule has 6 atom stereocenters. The molecule has 26 heavy (non-hydrogen) atoms. The minimum atomic E-state index is -1.63. The molecule has 0 aromatic carbocycles. The van der Waals surface area contributed by atoms with Crippen LogP contribution in [0.2, 0.25) is 0 Å². The van der Waals surface area contributed by atoms with Crippen LogP contribution in [0.1, 0.15) is 33.6 Å². The lowest BCUT2D eigenvalue weighted by Crippen LogP contribution is -2.65. The fraction of sp³-hybridized carbons (Fsp3) is 0.824. The van der Waals surface area contributed by atoms with E-state index in [0.717, 1.165) is 0 Å². The maximum atomic E-state index is 12.9. The molecule has 2 spiro atoms. The van der Waals surface area contributed by atoms with E-state index in [0.29, 0.717) is 0 Å². The molecular formula is C17H22O9. The average Bonchev–Trinajstić information content (AvgIpc) is 3.12. The Balaban J connectivity index is 1.99. The largest absolute Gasteiger partial charge is 0.461 e. The van der Waals surface area contributed by atoms with Gasteiger partial charge in [0, 0.05) is 13.5 Å². The van der Waals surface area contributed by atoms with Crippen LogP contribution in [0.5, 0.6) is 0 Å². The standard InChI is InChI=1S/C17H22O9/c1-14(2,3)16(21)5-8-15(6-9(18)24-8)12(20)26-13-17(15,16)10(11(19)25-13)23-7-22-4/h8,10,13,21H,5-7H2,1-4H3/t8-,10-,13-,15-,16+,17?/m0/s1. The van der Waals surface area contributed by atoms with E-state index in [2.05, 4.69) is 0 Å². The summed E-state index contributed by atoms with van der Waals surface area (Å²) in [6, 6.07) is 0. The fourth-order valence-corrected chi connectivity index (χ4v) is 5.46. The molecule has 144 valence electrons. The van der Waals surface area contributed by atoms with Crippen LogP contribution in [0.3, 0.4) is 0 Å². The Hall–Kier alpha value is -1.71. The van der Waals surface area contributed by atoms with Crippen molar-refractivity contribution in [3.8, 4) is 0 Å². The second-order valence-corrected chi connectivity index (χ2v) is 8.44. The molecule has 1 N–H and O–H groups in total. The first-order valence-corrected chi connectivity index (χ1v) is 8.50. The molecule has 3 saturated heterocycles. The van der Waals surface area contributed by atoms with E-state index in [-0.39, 0.29) is 19.6 Å². The first-order chi connectivity index (χ1) is 12.1. The molecule has 9 heteroatoms. The number of rotatable bonds is 3. The maximum absolute atomic E-state index is 12.9. The monoisotopic (exact) mass is 370 g/mol. The molecule has 0 aromatic heterocycles. The van der Waals surface area contributed by atoms with Crippen molar-refractivity contribution in [3.63, 3.8) is 0 Å². The van der Waals surface area contributed by atoms with Crippen molar-refractivity contribution >= 4 is 17.9 Å². The molecule has 0 amide bonds. The van der Waals surface area contributed by atoms with Crippen LogP contribution in [-0.4, -0.2) is 61.0 Å². The van der Waals surface area contributed by atoms with Gasteiger partial charge in [-0.1, -0.05) is 20.8 Å². The molecular weight excluding hydrogens is 348 g/mol. The molecule has 3 heterocycles. The minimum absolute atomic E-state index is 0.0165. The van der Waals surface area contributed by atoms with Gasteiger partial charge in [0.05, 0.1) is 12.0 Å². The van der Waals surface area contributed by atoms with Gasteiger partial charge in [0.2, 0.25) is 0 Å². The predicted octanol–water partition coefficient (Wildman–Crippen LogP) is -0.116. The van der Waals surface area contributed by atoms with Crippen molar-refractivity contribution in [2.75, 3.05) is 13.9 Å². The third kappa shape index (κ3) is 1.61. The van der Waals surface area contributed by atoms with E-state index in [4.69, 9.17) is 23.7 Å². The van der Waals surface area contributed by atoms with Gasteiger partial charge in [-0.15, -0.1) is 0 Å². The third-order valence-corrected chi connectivity index (χ3v) is 6.54. The lowest BCUT2D eigenvalue weighted by molar-refractivity contribution is -0.238. The Bertz CT molecular complexity index is 697. The summed E-state index contributed by atoms with van der Waals surface area (Å²) in [4.78, 5) is 37.6. The Kier molecular flexibility index (Phi) is 3.38. The summed E-state index contributed by atoms with van der Waals surface area (Å²) in [6.07, 6.45) is -3.91. The van der Waals surface area contributed by atoms with E-state index >= 15 is 0 Å². The summed E-state index contributed by atoms with van der Waals surface area (Å²) >= 11 is 0. The zero-order valence-corrected chi connectivity index (χ0v) is 15.1. The summed E-state index contributed by atoms with van der Waals surface area (Å²) in [5, 5.41) is 11.9. The number of carbonyl (C=O) groups excluding carboxylic acids is 3. The quantitative estimate of drug-likeness (QED) is 0.536. The second kappa shape index (κ2) is 4.96. The van der Waals surface area contributed by atoms with Crippen molar-refractivity contribution in [3.05, 3.63) is 0 Å². The SMILES string of the molecule is COCO[C@H]1C(=O)O[C@H]2OC(=O)[C@]34CC(=O)O[C@H]3C[C@@](O)(C(C)(C)C)C214. The summed E-state index contributed by atoms with van der Waals surface area (Å²) in [5.74, 6) is -2.05. The average molecular weight is 370 g/mol. The topological polar surface area (TPSA) is 118 Å². The highest BCUT2D eigenvalue weighted by atomic mass is 16.8. The van der Waals surface area contributed by atoms with Crippen LogP contribution in [-0.2, 0) is 38.1 Å². The molecule has 1 saturated carbocycles. The first kappa shape index (κ1) is 17.7. The van der Waals surface area contributed by atoms with E-state index in [1.807, 2.05) is 0 Å². The number of aliphatic hydroxyl groups is 1. The Morgan fingerprint density at radius 2 is 1.88 bits per heavy atom. The van der Waals surface area contributed by atoms with Crippen LogP contribution >= 0.6 is 0 Å². The Morgan fingerprint density at radius 3 is 2.50 bits per heavy atom. The Labute approximate surface area is 149 Å². The van der Waals surface area contributed by atoms with E-state index in [9.17, 15) is 19.5 Å².